The standard InChI is InChI=1S/C17H25BrO3/c1-11(2)13-6-5-12(3)15(9-13)21-16-10-14(18)17(16)20-8-7-19-4/h5-6,9,11,14,16-17H,7-8,10H2,1-4H3. The van der Waals surface area contributed by atoms with Crippen LogP contribution < -0.4 is 4.74 Å². The highest BCUT2D eigenvalue weighted by Crippen LogP contribution is 2.35. The Hall–Kier alpha value is -0.580. The van der Waals surface area contributed by atoms with Crippen molar-refractivity contribution in [3.8, 4) is 5.75 Å². The van der Waals surface area contributed by atoms with Crippen molar-refractivity contribution in [2.24, 2.45) is 0 Å². The zero-order valence-corrected chi connectivity index (χ0v) is 14.9. The smallest absolute Gasteiger partial charge is 0.127 e. The second-order valence-corrected chi connectivity index (χ2v) is 7.09. The van der Waals surface area contributed by atoms with Gasteiger partial charge < -0.3 is 14.2 Å². The first-order chi connectivity index (χ1) is 10.0. The minimum atomic E-state index is 0.0993. The zero-order chi connectivity index (χ0) is 15.4. The summed E-state index contributed by atoms with van der Waals surface area (Å²) in [7, 11) is 1.69. The molecule has 0 aromatic heterocycles. The van der Waals surface area contributed by atoms with Gasteiger partial charge in [-0.15, -0.1) is 0 Å². The predicted octanol–water partition coefficient (Wildman–Crippen LogP) is 4.06. The van der Waals surface area contributed by atoms with Crippen LogP contribution in [0.25, 0.3) is 0 Å². The first-order valence-electron chi connectivity index (χ1n) is 7.54. The van der Waals surface area contributed by atoms with Crippen LogP contribution in [0.4, 0.5) is 0 Å². The fraction of sp³-hybridized carbons (Fsp3) is 0.647. The van der Waals surface area contributed by atoms with Gasteiger partial charge in [-0.2, -0.15) is 0 Å². The van der Waals surface area contributed by atoms with Gasteiger partial charge in [-0.05, 0) is 30.0 Å². The van der Waals surface area contributed by atoms with Crippen LogP contribution in [0.1, 0.15) is 37.3 Å². The molecule has 0 saturated heterocycles. The lowest BCUT2D eigenvalue weighted by Gasteiger charge is -2.41. The van der Waals surface area contributed by atoms with Crippen molar-refractivity contribution in [2.45, 2.75) is 50.1 Å². The molecule has 0 heterocycles. The summed E-state index contributed by atoms with van der Waals surface area (Å²) in [5.74, 6) is 1.48. The van der Waals surface area contributed by atoms with Gasteiger partial charge in [0.05, 0.1) is 13.2 Å². The highest BCUT2D eigenvalue weighted by atomic mass is 79.9. The number of benzene rings is 1. The molecule has 1 aromatic carbocycles. The maximum Gasteiger partial charge on any atom is 0.127 e. The molecule has 2 rings (SSSR count). The molecular formula is C17H25BrO3. The van der Waals surface area contributed by atoms with Crippen molar-refractivity contribution in [3.63, 3.8) is 0 Å². The van der Waals surface area contributed by atoms with E-state index in [9.17, 15) is 0 Å². The van der Waals surface area contributed by atoms with E-state index in [1.807, 2.05) is 0 Å². The van der Waals surface area contributed by atoms with E-state index in [-0.39, 0.29) is 12.2 Å². The van der Waals surface area contributed by atoms with Crippen molar-refractivity contribution in [2.75, 3.05) is 20.3 Å². The molecule has 118 valence electrons. The van der Waals surface area contributed by atoms with E-state index in [1.54, 1.807) is 7.11 Å². The van der Waals surface area contributed by atoms with Gasteiger partial charge in [-0.3, -0.25) is 0 Å². The second kappa shape index (κ2) is 7.61. The predicted molar refractivity (Wildman–Crippen MR) is 88.6 cm³/mol. The van der Waals surface area contributed by atoms with E-state index in [0.29, 0.717) is 24.0 Å². The summed E-state index contributed by atoms with van der Waals surface area (Å²) in [6.07, 6.45) is 1.19. The van der Waals surface area contributed by atoms with Crippen molar-refractivity contribution in [3.05, 3.63) is 29.3 Å². The summed E-state index contributed by atoms with van der Waals surface area (Å²) >= 11 is 3.64. The van der Waals surface area contributed by atoms with Gasteiger partial charge in [0.1, 0.15) is 18.0 Å². The van der Waals surface area contributed by atoms with Crippen LogP contribution in [0.15, 0.2) is 18.2 Å². The Morgan fingerprint density at radius 1 is 1.29 bits per heavy atom. The van der Waals surface area contributed by atoms with Gasteiger partial charge in [0, 0.05) is 18.4 Å². The molecule has 0 spiro atoms. The van der Waals surface area contributed by atoms with Gasteiger partial charge in [0.15, 0.2) is 0 Å². The Labute approximate surface area is 136 Å². The van der Waals surface area contributed by atoms with Gasteiger partial charge in [0.2, 0.25) is 0 Å². The molecule has 1 fully saturated rings. The monoisotopic (exact) mass is 356 g/mol. The molecule has 3 nitrogen and oxygen atoms in total. The topological polar surface area (TPSA) is 27.7 Å². The van der Waals surface area contributed by atoms with E-state index in [4.69, 9.17) is 14.2 Å². The number of rotatable bonds is 7. The fourth-order valence-electron chi connectivity index (χ4n) is 2.39. The summed E-state index contributed by atoms with van der Waals surface area (Å²) < 4.78 is 17.1. The molecule has 3 unspecified atom stereocenters. The largest absolute Gasteiger partial charge is 0.487 e. The van der Waals surface area contributed by atoms with Crippen LogP contribution in [0, 0.1) is 6.92 Å². The van der Waals surface area contributed by atoms with Gasteiger partial charge in [0.25, 0.3) is 0 Å². The van der Waals surface area contributed by atoms with Crippen LogP contribution in [0.2, 0.25) is 0 Å². The Morgan fingerprint density at radius 3 is 2.67 bits per heavy atom. The second-order valence-electron chi connectivity index (χ2n) is 5.92. The molecule has 1 aromatic rings. The Balaban J connectivity index is 1.99. The average Bonchev–Trinajstić information content (AvgIpc) is 2.44. The summed E-state index contributed by atoms with van der Waals surface area (Å²) in [5.41, 5.74) is 2.48. The maximum absolute atomic E-state index is 6.19. The van der Waals surface area contributed by atoms with Gasteiger partial charge >= 0.3 is 0 Å². The minimum Gasteiger partial charge on any atom is -0.487 e. The zero-order valence-electron chi connectivity index (χ0n) is 13.3. The van der Waals surface area contributed by atoms with Gasteiger partial charge in [-0.25, -0.2) is 0 Å². The molecule has 0 bridgehead atoms. The number of aryl methyl sites for hydroxylation is 1. The number of methoxy groups -OCH3 is 1. The SMILES string of the molecule is COCCOC1C(Br)CC1Oc1cc(C(C)C)ccc1C. The van der Waals surface area contributed by atoms with E-state index < -0.39 is 0 Å². The molecular weight excluding hydrogens is 332 g/mol. The fourth-order valence-corrected chi connectivity index (χ4v) is 3.25. The molecule has 0 radical (unpaired) electrons. The minimum absolute atomic E-state index is 0.0993. The summed E-state index contributed by atoms with van der Waals surface area (Å²) in [4.78, 5) is 0.368. The van der Waals surface area contributed by atoms with Crippen LogP contribution in [0.5, 0.6) is 5.75 Å². The van der Waals surface area contributed by atoms with Crippen LogP contribution >= 0.6 is 15.9 Å². The number of hydrogen-bond donors (Lipinski definition) is 0. The highest BCUT2D eigenvalue weighted by Gasteiger charge is 2.42. The molecule has 0 N–H and O–H groups in total. The normalized spacial score (nSPS) is 25.0. The third-order valence-corrected chi connectivity index (χ3v) is 4.83. The van der Waals surface area contributed by atoms with Crippen molar-refractivity contribution in [1.29, 1.82) is 0 Å². The first-order valence-corrected chi connectivity index (χ1v) is 8.46. The van der Waals surface area contributed by atoms with Crippen molar-refractivity contribution >= 4 is 15.9 Å². The summed E-state index contributed by atoms with van der Waals surface area (Å²) in [6, 6.07) is 6.47. The lowest BCUT2D eigenvalue weighted by atomic mass is 9.91. The first kappa shape index (κ1) is 16.8. The molecule has 3 atom stereocenters. The molecule has 21 heavy (non-hydrogen) atoms. The average molecular weight is 357 g/mol. The van der Waals surface area contributed by atoms with Crippen molar-refractivity contribution < 1.29 is 14.2 Å². The molecule has 0 aliphatic heterocycles. The number of hydrogen-bond acceptors (Lipinski definition) is 3. The molecule has 1 aliphatic rings. The molecule has 0 amide bonds. The van der Waals surface area contributed by atoms with E-state index in [1.165, 1.54) is 11.1 Å². The Bertz CT molecular complexity index is 461. The van der Waals surface area contributed by atoms with Crippen molar-refractivity contribution in [1.82, 2.24) is 0 Å². The summed E-state index contributed by atoms with van der Waals surface area (Å²) in [5, 5.41) is 0. The lowest BCUT2D eigenvalue weighted by molar-refractivity contribution is -0.0867. The van der Waals surface area contributed by atoms with E-state index in [0.717, 1.165) is 12.2 Å². The number of alkyl halides is 1. The molecule has 1 saturated carbocycles. The number of ether oxygens (including phenoxy) is 3. The lowest BCUT2D eigenvalue weighted by Crippen LogP contribution is -2.52. The Morgan fingerprint density at radius 2 is 2.05 bits per heavy atom. The summed E-state index contributed by atoms with van der Waals surface area (Å²) in [6.45, 7) is 7.70. The third kappa shape index (κ3) is 4.21. The number of halogens is 1. The Kier molecular flexibility index (Phi) is 6.08. The highest BCUT2D eigenvalue weighted by molar-refractivity contribution is 9.09. The van der Waals surface area contributed by atoms with Crippen LogP contribution in [-0.4, -0.2) is 37.4 Å². The maximum atomic E-state index is 6.19. The molecule has 1 aliphatic carbocycles. The van der Waals surface area contributed by atoms with Crippen LogP contribution in [-0.2, 0) is 9.47 Å². The van der Waals surface area contributed by atoms with E-state index >= 15 is 0 Å². The third-order valence-electron chi connectivity index (χ3n) is 3.94. The quantitative estimate of drug-likeness (QED) is 0.544. The van der Waals surface area contributed by atoms with Crippen LogP contribution in [0.3, 0.4) is 0 Å². The molecule has 4 heteroatoms. The van der Waals surface area contributed by atoms with Gasteiger partial charge in [-0.1, -0.05) is 41.9 Å². The van der Waals surface area contributed by atoms with E-state index in [2.05, 4.69) is 54.9 Å².